The molecule has 1 aromatic rings. The number of aliphatic hydroxyl groups excluding tert-OH is 1. The number of rotatable bonds is 6. The summed E-state index contributed by atoms with van der Waals surface area (Å²) in [7, 11) is 1.47. The Hall–Kier alpha value is -1.47. The summed E-state index contributed by atoms with van der Waals surface area (Å²) < 4.78 is 30.7. The number of hydrogen-bond donors (Lipinski definition) is 3. The van der Waals surface area contributed by atoms with E-state index in [9.17, 15) is 13.9 Å². The number of halogens is 2. The first kappa shape index (κ1) is 13.6. The topological polar surface area (TPSA) is 80.4 Å². The lowest BCUT2D eigenvalue weighted by Crippen LogP contribution is -2.19. The first-order valence-electron chi connectivity index (χ1n) is 5.07. The zero-order valence-electron chi connectivity index (χ0n) is 9.41. The summed E-state index contributed by atoms with van der Waals surface area (Å²) in [5.74, 6) is -2.22. The molecule has 4 N–H and O–H groups in total. The quantitative estimate of drug-likeness (QED) is 0.691. The van der Waals surface area contributed by atoms with Crippen molar-refractivity contribution in [2.75, 3.05) is 31.3 Å². The summed E-state index contributed by atoms with van der Waals surface area (Å²) in [6.45, 7) is 0.475. The normalized spacial score (nSPS) is 12.5. The van der Waals surface area contributed by atoms with Crippen LogP contribution < -0.4 is 11.1 Å². The standard InChI is InChI=1S/C10H15F2N3O2/c1-17-5-6(16)2-3-14-10-8(12)4-7(11)9(13)15-10/h4,6,16H,2-3,5H2,1H3,(H3,13,14,15). The molecule has 1 aromatic heterocycles. The highest BCUT2D eigenvalue weighted by Gasteiger charge is 2.10. The van der Waals surface area contributed by atoms with Crippen LogP contribution >= 0.6 is 0 Å². The highest BCUT2D eigenvalue weighted by atomic mass is 19.1. The SMILES string of the molecule is COCC(O)CCNc1nc(N)c(F)cc1F. The van der Waals surface area contributed by atoms with E-state index in [4.69, 9.17) is 10.5 Å². The zero-order chi connectivity index (χ0) is 12.8. The minimum atomic E-state index is -0.896. The Morgan fingerprint density at radius 2 is 2.24 bits per heavy atom. The fraction of sp³-hybridized carbons (Fsp3) is 0.500. The molecule has 17 heavy (non-hydrogen) atoms. The number of methoxy groups -OCH3 is 1. The molecule has 5 nitrogen and oxygen atoms in total. The van der Waals surface area contributed by atoms with E-state index in [-0.39, 0.29) is 24.8 Å². The van der Waals surface area contributed by atoms with Crippen molar-refractivity contribution in [3.05, 3.63) is 17.7 Å². The van der Waals surface area contributed by atoms with Gasteiger partial charge >= 0.3 is 0 Å². The number of anilines is 2. The molecule has 0 radical (unpaired) electrons. The van der Waals surface area contributed by atoms with E-state index in [1.54, 1.807) is 0 Å². The summed E-state index contributed by atoms with van der Waals surface area (Å²) in [6.07, 6.45) is -0.292. The zero-order valence-corrected chi connectivity index (χ0v) is 9.41. The van der Waals surface area contributed by atoms with Gasteiger partial charge in [0, 0.05) is 19.7 Å². The van der Waals surface area contributed by atoms with Crippen LogP contribution in [0.1, 0.15) is 6.42 Å². The van der Waals surface area contributed by atoms with E-state index < -0.39 is 17.7 Å². The van der Waals surface area contributed by atoms with Gasteiger partial charge in [-0.25, -0.2) is 13.8 Å². The maximum absolute atomic E-state index is 13.2. The number of nitrogen functional groups attached to an aromatic ring is 1. The number of aliphatic hydroxyl groups is 1. The van der Waals surface area contributed by atoms with E-state index in [0.717, 1.165) is 0 Å². The molecular weight excluding hydrogens is 232 g/mol. The van der Waals surface area contributed by atoms with E-state index >= 15 is 0 Å². The Labute approximate surface area is 97.6 Å². The predicted octanol–water partition coefficient (Wildman–Crippen LogP) is 0.751. The molecule has 7 heteroatoms. The van der Waals surface area contributed by atoms with Gasteiger partial charge in [-0.2, -0.15) is 0 Å². The summed E-state index contributed by atoms with van der Waals surface area (Å²) in [5.41, 5.74) is 5.21. The number of ether oxygens (including phenoxy) is 1. The van der Waals surface area contributed by atoms with Crippen molar-refractivity contribution < 1.29 is 18.6 Å². The number of nitrogens with zero attached hydrogens (tertiary/aromatic N) is 1. The summed E-state index contributed by atoms with van der Waals surface area (Å²) in [6, 6.07) is 0.663. The lowest BCUT2D eigenvalue weighted by Gasteiger charge is -2.11. The molecule has 0 aliphatic carbocycles. The second-order valence-electron chi connectivity index (χ2n) is 3.51. The molecule has 0 saturated carbocycles. The molecule has 0 bridgehead atoms. The van der Waals surface area contributed by atoms with Crippen LogP contribution in [0.15, 0.2) is 6.07 Å². The highest BCUT2D eigenvalue weighted by Crippen LogP contribution is 2.16. The third kappa shape index (κ3) is 4.12. The molecule has 1 heterocycles. The maximum atomic E-state index is 13.2. The Kier molecular flexibility index (Phi) is 5.05. The van der Waals surface area contributed by atoms with Crippen molar-refractivity contribution in [3.8, 4) is 0 Å². The maximum Gasteiger partial charge on any atom is 0.168 e. The fourth-order valence-electron chi connectivity index (χ4n) is 1.24. The lowest BCUT2D eigenvalue weighted by molar-refractivity contribution is 0.0615. The van der Waals surface area contributed by atoms with Crippen molar-refractivity contribution in [2.24, 2.45) is 0 Å². The fourth-order valence-corrected chi connectivity index (χ4v) is 1.24. The Morgan fingerprint density at radius 3 is 2.88 bits per heavy atom. The minimum absolute atomic E-state index is 0.131. The van der Waals surface area contributed by atoms with Crippen LogP contribution in [0, 0.1) is 11.6 Å². The van der Waals surface area contributed by atoms with Crippen molar-refractivity contribution in [2.45, 2.75) is 12.5 Å². The number of nitrogens with two attached hydrogens (primary N) is 1. The monoisotopic (exact) mass is 247 g/mol. The average Bonchev–Trinajstić information content (AvgIpc) is 2.26. The second kappa shape index (κ2) is 6.31. The molecular formula is C10H15F2N3O2. The molecule has 1 rings (SSSR count). The molecule has 1 atom stereocenters. The van der Waals surface area contributed by atoms with Gasteiger partial charge in [-0.1, -0.05) is 0 Å². The van der Waals surface area contributed by atoms with Gasteiger partial charge in [0.2, 0.25) is 0 Å². The number of hydrogen-bond acceptors (Lipinski definition) is 5. The van der Waals surface area contributed by atoms with Crippen molar-refractivity contribution in [1.82, 2.24) is 4.98 Å². The predicted molar refractivity (Wildman–Crippen MR) is 59.6 cm³/mol. The summed E-state index contributed by atoms with van der Waals surface area (Å²) in [5, 5.41) is 12.0. The van der Waals surface area contributed by atoms with Crippen LogP contribution in [-0.2, 0) is 4.74 Å². The Bertz CT molecular complexity index is 377. The van der Waals surface area contributed by atoms with Crippen molar-refractivity contribution in [3.63, 3.8) is 0 Å². The summed E-state index contributed by atoms with van der Waals surface area (Å²) >= 11 is 0. The van der Waals surface area contributed by atoms with E-state index in [0.29, 0.717) is 12.5 Å². The Morgan fingerprint density at radius 1 is 1.53 bits per heavy atom. The number of nitrogens with one attached hydrogen (secondary N) is 1. The molecule has 0 spiro atoms. The van der Waals surface area contributed by atoms with E-state index in [1.165, 1.54) is 7.11 Å². The van der Waals surface area contributed by atoms with Crippen molar-refractivity contribution in [1.29, 1.82) is 0 Å². The third-order valence-electron chi connectivity index (χ3n) is 2.09. The smallest absolute Gasteiger partial charge is 0.168 e. The average molecular weight is 247 g/mol. The Balaban J connectivity index is 2.49. The first-order chi connectivity index (χ1) is 8.04. The first-order valence-corrected chi connectivity index (χ1v) is 5.07. The van der Waals surface area contributed by atoms with Gasteiger partial charge in [0.15, 0.2) is 23.3 Å². The van der Waals surface area contributed by atoms with Gasteiger partial charge < -0.3 is 20.9 Å². The molecule has 0 aliphatic heterocycles. The number of aromatic nitrogens is 1. The van der Waals surface area contributed by atoms with Gasteiger partial charge in [-0.3, -0.25) is 0 Å². The van der Waals surface area contributed by atoms with Crippen LogP contribution in [0.5, 0.6) is 0 Å². The lowest BCUT2D eigenvalue weighted by atomic mass is 10.2. The molecule has 96 valence electrons. The molecule has 0 amide bonds. The van der Waals surface area contributed by atoms with Gasteiger partial charge in [0.05, 0.1) is 12.7 Å². The van der Waals surface area contributed by atoms with Crippen LogP contribution in [0.3, 0.4) is 0 Å². The second-order valence-corrected chi connectivity index (χ2v) is 3.51. The largest absolute Gasteiger partial charge is 0.391 e. The molecule has 0 saturated heterocycles. The van der Waals surface area contributed by atoms with E-state index in [2.05, 4.69) is 10.3 Å². The van der Waals surface area contributed by atoms with Crippen molar-refractivity contribution >= 4 is 11.6 Å². The van der Waals surface area contributed by atoms with Crippen LogP contribution in [0.4, 0.5) is 20.4 Å². The minimum Gasteiger partial charge on any atom is -0.391 e. The van der Waals surface area contributed by atoms with Gasteiger partial charge in [-0.15, -0.1) is 0 Å². The molecule has 0 aliphatic rings. The van der Waals surface area contributed by atoms with Gasteiger partial charge in [-0.05, 0) is 6.42 Å². The van der Waals surface area contributed by atoms with Crippen LogP contribution in [0.2, 0.25) is 0 Å². The molecule has 1 unspecified atom stereocenters. The van der Waals surface area contributed by atoms with Gasteiger partial charge in [0.25, 0.3) is 0 Å². The van der Waals surface area contributed by atoms with E-state index in [1.807, 2.05) is 0 Å². The molecule has 0 fully saturated rings. The highest BCUT2D eigenvalue weighted by molar-refractivity contribution is 5.44. The molecule has 0 aromatic carbocycles. The number of pyridine rings is 1. The van der Waals surface area contributed by atoms with Crippen LogP contribution in [0.25, 0.3) is 0 Å². The van der Waals surface area contributed by atoms with Crippen LogP contribution in [-0.4, -0.2) is 36.5 Å². The summed E-state index contributed by atoms with van der Waals surface area (Å²) in [4.78, 5) is 3.52. The van der Waals surface area contributed by atoms with Gasteiger partial charge in [0.1, 0.15) is 0 Å². The third-order valence-corrected chi connectivity index (χ3v) is 2.09.